The van der Waals surface area contributed by atoms with Crippen LogP contribution < -0.4 is 5.32 Å². The number of rotatable bonds is 4. The number of aromatic amines is 1. The molecule has 0 bridgehead atoms. The monoisotopic (exact) mass is 411 g/mol. The van der Waals surface area contributed by atoms with Gasteiger partial charge in [-0.3, -0.25) is 4.79 Å². The minimum atomic E-state index is -3.71. The molecular formula is C18H22ClN3O4S. The van der Waals surface area contributed by atoms with Crippen molar-refractivity contribution in [3.8, 4) is 0 Å². The van der Waals surface area contributed by atoms with E-state index in [0.29, 0.717) is 48.3 Å². The lowest BCUT2D eigenvalue weighted by molar-refractivity contribution is 0.0730. The number of halogens is 1. The van der Waals surface area contributed by atoms with Crippen LogP contribution in [0.5, 0.6) is 0 Å². The molecule has 1 aromatic carbocycles. The van der Waals surface area contributed by atoms with Gasteiger partial charge in [0.05, 0.1) is 23.9 Å². The van der Waals surface area contributed by atoms with Crippen LogP contribution in [0.2, 0.25) is 5.02 Å². The molecular weight excluding hydrogens is 390 g/mol. The molecule has 2 aromatic rings. The van der Waals surface area contributed by atoms with Crippen molar-refractivity contribution in [2.45, 2.75) is 25.7 Å². The van der Waals surface area contributed by atoms with E-state index in [1.165, 1.54) is 4.31 Å². The number of hydrogen-bond acceptors (Lipinski definition) is 4. The maximum absolute atomic E-state index is 13.0. The lowest BCUT2D eigenvalue weighted by Gasteiger charge is -2.26. The SMILES string of the molecule is Cc1ccc(NC(=O)c2[nH]c(C)c(S(=O)(=O)N3CCOCC3)c2C)c(Cl)c1. The number of aromatic nitrogens is 1. The minimum absolute atomic E-state index is 0.143. The Morgan fingerprint density at radius 3 is 2.52 bits per heavy atom. The molecule has 146 valence electrons. The molecule has 0 spiro atoms. The third kappa shape index (κ3) is 3.89. The van der Waals surface area contributed by atoms with E-state index in [4.69, 9.17) is 16.3 Å². The van der Waals surface area contributed by atoms with E-state index >= 15 is 0 Å². The van der Waals surface area contributed by atoms with Gasteiger partial charge in [0.1, 0.15) is 10.6 Å². The van der Waals surface area contributed by atoms with Crippen LogP contribution in [-0.4, -0.2) is 49.9 Å². The average Bonchev–Trinajstić information content (AvgIpc) is 2.93. The smallest absolute Gasteiger partial charge is 0.272 e. The van der Waals surface area contributed by atoms with Crippen LogP contribution in [0.15, 0.2) is 23.1 Å². The maximum atomic E-state index is 13.0. The van der Waals surface area contributed by atoms with Gasteiger partial charge >= 0.3 is 0 Å². The highest BCUT2D eigenvalue weighted by Crippen LogP contribution is 2.28. The Kier molecular flexibility index (Phi) is 5.62. The van der Waals surface area contributed by atoms with Gasteiger partial charge in [0.25, 0.3) is 5.91 Å². The van der Waals surface area contributed by atoms with Crippen molar-refractivity contribution in [2.24, 2.45) is 0 Å². The molecule has 3 rings (SSSR count). The van der Waals surface area contributed by atoms with Crippen LogP contribution in [0.25, 0.3) is 0 Å². The fraction of sp³-hybridized carbons (Fsp3) is 0.389. The van der Waals surface area contributed by atoms with Gasteiger partial charge in [-0.1, -0.05) is 17.7 Å². The minimum Gasteiger partial charge on any atom is -0.379 e. The van der Waals surface area contributed by atoms with Crippen molar-refractivity contribution in [1.82, 2.24) is 9.29 Å². The quantitative estimate of drug-likeness (QED) is 0.809. The molecule has 27 heavy (non-hydrogen) atoms. The predicted molar refractivity (Wildman–Crippen MR) is 104 cm³/mol. The zero-order valence-corrected chi connectivity index (χ0v) is 17.0. The van der Waals surface area contributed by atoms with Crippen LogP contribution in [0.3, 0.4) is 0 Å². The van der Waals surface area contributed by atoms with Gasteiger partial charge in [0.2, 0.25) is 10.0 Å². The summed E-state index contributed by atoms with van der Waals surface area (Å²) in [6.07, 6.45) is 0. The maximum Gasteiger partial charge on any atom is 0.272 e. The second kappa shape index (κ2) is 7.63. The molecule has 0 unspecified atom stereocenters. The first-order chi connectivity index (χ1) is 12.7. The number of nitrogens with one attached hydrogen (secondary N) is 2. The van der Waals surface area contributed by atoms with Crippen molar-refractivity contribution in [3.63, 3.8) is 0 Å². The highest BCUT2D eigenvalue weighted by Gasteiger charge is 2.32. The van der Waals surface area contributed by atoms with Crippen molar-refractivity contribution < 1.29 is 17.9 Å². The summed E-state index contributed by atoms with van der Waals surface area (Å²) < 4.78 is 32.6. The molecule has 9 heteroatoms. The van der Waals surface area contributed by atoms with Crippen LogP contribution in [0, 0.1) is 20.8 Å². The Bertz CT molecular complexity index is 979. The zero-order chi connectivity index (χ0) is 19.8. The summed E-state index contributed by atoms with van der Waals surface area (Å²) in [5.41, 5.74) is 2.47. The third-order valence-electron chi connectivity index (χ3n) is 4.54. The fourth-order valence-corrected chi connectivity index (χ4v) is 5.27. The van der Waals surface area contributed by atoms with Gasteiger partial charge in [0, 0.05) is 18.8 Å². The molecule has 2 heterocycles. The molecule has 1 aromatic heterocycles. The van der Waals surface area contributed by atoms with Crippen LogP contribution in [0.1, 0.15) is 27.3 Å². The number of benzene rings is 1. The molecule has 0 aliphatic carbocycles. The van der Waals surface area contributed by atoms with Crippen LogP contribution >= 0.6 is 11.6 Å². The average molecular weight is 412 g/mol. The van der Waals surface area contributed by atoms with Crippen molar-refractivity contribution in [1.29, 1.82) is 0 Å². The Morgan fingerprint density at radius 1 is 1.22 bits per heavy atom. The van der Waals surface area contributed by atoms with Gasteiger partial charge in [-0.25, -0.2) is 8.42 Å². The molecule has 1 saturated heterocycles. The van der Waals surface area contributed by atoms with Crippen molar-refractivity contribution in [3.05, 3.63) is 45.7 Å². The first-order valence-corrected chi connectivity index (χ1v) is 10.4. The summed E-state index contributed by atoms with van der Waals surface area (Å²) in [5.74, 6) is -0.440. The number of carbonyl (C=O) groups is 1. The second-order valence-electron chi connectivity index (χ2n) is 6.53. The molecule has 7 nitrogen and oxygen atoms in total. The molecule has 1 amide bonds. The number of nitrogens with zero attached hydrogens (tertiary/aromatic N) is 1. The van der Waals surface area contributed by atoms with Crippen LogP contribution in [0.4, 0.5) is 5.69 Å². The largest absolute Gasteiger partial charge is 0.379 e. The highest BCUT2D eigenvalue weighted by molar-refractivity contribution is 7.89. The Balaban J connectivity index is 1.92. The van der Waals surface area contributed by atoms with Crippen molar-refractivity contribution in [2.75, 3.05) is 31.6 Å². The van der Waals surface area contributed by atoms with E-state index in [-0.39, 0.29) is 10.6 Å². The number of carbonyl (C=O) groups excluding carboxylic acids is 1. The number of H-pyrrole nitrogens is 1. The molecule has 1 fully saturated rings. The lowest BCUT2D eigenvalue weighted by Crippen LogP contribution is -2.40. The molecule has 1 aliphatic rings. The summed E-state index contributed by atoms with van der Waals surface area (Å²) in [6, 6.07) is 5.30. The standard InChI is InChI=1S/C18H22ClN3O4S/c1-11-4-5-15(14(19)10-11)21-18(23)16-12(2)17(13(3)20-16)27(24,25)22-6-8-26-9-7-22/h4-5,10,20H,6-9H2,1-3H3,(H,21,23). The van der Waals surface area contributed by atoms with E-state index < -0.39 is 15.9 Å². The van der Waals surface area contributed by atoms with Gasteiger partial charge in [0.15, 0.2) is 0 Å². The number of aryl methyl sites for hydroxylation is 2. The summed E-state index contributed by atoms with van der Waals surface area (Å²) in [5, 5.41) is 3.16. The van der Waals surface area contributed by atoms with E-state index in [1.807, 2.05) is 13.0 Å². The summed E-state index contributed by atoms with van der Waals surface area (Å²) in [6.45, 7) is 6.50. The predicted octanol–water partition coefficient (Wildman–Crippen LogP) is 2.87. The Labute approximate surface area is 163 Å². The number of ether oxygens (including phenoxy) is 1. The number of hydrogen-bond donors (Lipinski definition) is 2. The summed E-state index contributed by atoms with van der Waals surface area (Å²) in [4.78, 5) is 15.8. The Morgan fingerprint density at radius 2 is 1.89 bits per heavy atom. The van der Waals surface area contributed by atoms with Gasteiger partial charge in [-0.05, 0) is 44.0 Å². The number of sulfonamides is 1. The molecule has 0 saturated carbocycles. The lowest BCUT2D eigenvalue weighted by atomic mass is 10.2. The van der Waals surface area contributed by atoms with Gasteiger partial charge < -0.3 is 15.0 Å². The molecule has 2 N–H and O–H groups in total. The van der Waals surface area contributed by atoms with Gasteiger partial charge in [-0.2, -0.15) is 4.31 Å². The number of morpholine rings is 1. The highest BCUT2D eigenvalue weighted by atomic mass is 35.5. The topological polar surface area (TPSA) is 91.5 Å². The van der Waals surface area contributed by atoms with E-state index in [9.17, 15) is 13.2 Å². The van der Waals surface area contributed by atoms with Crippen molar-refractivity contribution >= 4 is 33.2 Å². The molecule has 0 atom stereocenters. The van der Waals surface area contributed by atoms with E-state index in [0.717, 1.165) is 5.56 Å². The third-order valence-corrected chi connectivity index (χ3v) is 7.02. The second-order valence-corrected chi connectivity index (χ2v) is 8.81. The van der Waals surface area contributed by atoms with E-state index in [2.05, 4.69) is 10.3 Å². The zero-order valence-electron chi connectivity index (χ0n) is 15.4. The normalized spacial score (nSPS) is 15.7. The van der Waals surface area contributed by atoms with Gasteiger partial charge in [-0.15, -0.1) is 0 Å². The molecule has 0 radical (unpaired) electrons. The summed E-state index contributed by atoms with van der Waals surface area (Å²) >= 11 is 6.17. The molecule has 1 aliphatic heterocycles. The van der Waals surface area contributed by atoms with E-state index in [1.54, 1.807) is 26.0 Å². The summed E-state index contributed by atoms with van der Waals surface area (Å²) in [7, 11) is -3.71. The first kappa shape index (κ1) is 19.9. The first-order valence-electron chi connectivity index (χ1n) is 8.56. The fourth-order valence-electron chi connectivity index (χ4n) is 3.17. The number of amides is 1. The van der Waals surface area contributed by atoms with Crippen LogP contribution in [-0.2, 0) is 14.8 Å². The Hall–Kier alpha value is -1.87. The number of anilines is 1.